The van der Waals surface area contributed by atoms with E-state index >= 15 is 0 Å². The first-order valence-corrected chi connectivity index (χ1v) is 8.08. The van der Waals surface area contributed by atoms with Crippen LogP contribution in [-0.2, 0) is 6.54 Å². The summed E-state index contributed by atoms with van der Waals surface area (Å²) in [5.41, 5.74) is 2.78. The number of rotatable bonds is 3. The number of piperazine rings is 1. The Morgan fingerprint density at radius 3 is 2.67 bits per heavy atom. The molecule has 0 radical (unpaired) electrons. The molecule has 0 aliphatic carbocycles. The molecule has 0 unspecified atom stereocenters. The van der Waals surface area contributed by atoms with Gasteiger partial charge in [-0.2, -0.15) is 5.26 Å². The van der Waals surface area contributed by atoms with Crippen LogP contribution >= 0.6 is 0 Å². The highest BCUT2D eigenvalue weighted by Crippen LogP contribution is 2.19. The summed E-state index contributed by atoms with van der Waals surface area (Å²) in [7, 11) is 0. The van der Waals surface area contributed by atoms with Gasteiger partial charge in [-0.05, 0) is 30.3 Å². The van der Waals surface area contributed by atoms with Gasteiger partial charge >= 0.3 is 0 Å². The van der Waals surface area contributed by atoms with Gasteiger partial charge in [0.25, 0.3) is 0 Å². The number of hydrogen-bond donors (Lipinski definition) is 1. The number of anilines is 1. The van der Waals surface area contributed by atoms with Crippen LogP contribution in [0.4, 0.5) is 5.82 Å². The molecule has 4 rings (SSSR count). The second-order valence-electron chi connectivity index (χ2n) is 5.99. The minimum atomic E-state index is 0.646. The zero-order valence-electron chi connectivity index (χ0n) is 13.3. The fraction of sp³-hybridized carbons (Fsp3) is 0.278. The van der Waals surface area contributed by atoms with Crippen molar-refractivity contribution < 1.29 is 0 Å². The Morgan fingerprint density at radius 1 is 1.08 bits per heavy atom. The SMILES string of the molecule is N#Cc1cccnc1N1CCN(Cc2cc3cccnc3[nH]2)CC1. The molecule has 24 heavy (non-hydrogen) atoms. The molecule has 3 aromatic heterocycles. The van der Waals surface area contributed by atoms with Gasteiger partial charge in [0.05, 0.1) is 5.56 Å². The average Bonchev–Trinajstić information content (AvgIpc) is 3.04. The monoisotopic (exact) mass is 318 g/mol. The van der Waals surface area contributed by atoms with E-state index < -0.39 is 0 Å². The van der Waals surface area contributed by atoms with Crippen LogP contribution in [0.1, 0.15) is 11.3 Å². The molecule has 0 bridgehead atoms. The van der Waals surface area contributed by atoms with Crippen LogP contribution < -0.4 is 4.90 Å². The Labute approximate surface area is 140 Å². The summed E-state index contributed by atoms with van der Waals surface area (Å²) < 4.78 is 0. The van der Waals surface area contributed by atoms with Crippen LogP contribution in [0.3, 0.4) is 0 Å². The first-order valence-electron chi connectivity index (χ1n) is 8.08. The molecule has 1 fully saturated rings. The van der Waals surface area contributed by atoms with Crippen molar-refractivity contribution in [3.63, 3.8) is 0 Å². The lowest BCUT2D eigenvalue weighted by Crippen LogP contribution is -2.46. The molecule has 1 aliphatic heterocycles. The number of hydrogen-bond acceptors (Lipinski definition) is 5. The molecular formula is C18H18N6. The van der Waals surface area contributed by atoms with Crippen molar-refractivity contribution in [1.29, 1.82) is 5.26 Å². The van der Waals surface area contributed by atoms with Crippen LogP contribution in [0.2, 0.25) is 0 Å². The maximum absolute atomic E-state index is 9.23. The lowest BCUT2D eigenvalue weighted by Gasteiger charge is -2.35. The molecular weight excluding hydrogens is 300 g/mol. The molecule has 0 aromatic carbocycles. The number of aromatic nitrogens is 3. The molecule has 3 aromatic rings. The highest BCUT2D eigenvalue weighted by atomic mass is 15.3. The van der Waals surface area contributed by atoms with Crippen molar-refractivity contribution in [2.24, 2.45) is 0 Å². The second kappa shape index (κ2) is 6.30. The van der Waals surface area contributed by atoms with Gasteiger partial charge in [0.15, 0.2) is 0 Å². The Kier molecular flexibility index (Phi) is 3.85. The predicted molar refractivity (Wildman–Crippen MR) is 92.5 cm³/mol. The van der Waals surface area contributed by atoms with Crippen molar-refractivity contribution in [1.82, 2.24) is 19.9 Å². The van der Waals surface area contributed by atoms with E-state index in [1.165, 1.54) is 5.69 Å². The molecule has 1 saturated heterocycles. The van der Waals surface area contributed by atoms with Crippen molar-refractivity contribution in [2.75, 3.05) is 31.1 Å². The third-order valence-electron chi connectivity index (χ3n) is 4.42. The van der Waals surface area contributed by atoms with Crippen molar-refractivity contribution in [3.05, 3.63) is 54.0 Å². The lowest BCUT2D eigenvalue weighted by atomic mass is 10.2. The number of nitrogens with one attached hydrogen (secondary N) is 1. The van der Waals surface area contributed by atoms with E-state index in [1.807, 2.05) is 18.2 Å². The highest BCUT2D eigenvalue weighted by Gasteiger charge is 2.20. The topological polar surface area (TPSA) is 71.8 Å². The van der Waals surface area contributed by atoms with Gasteiger partial charge in [-0.15, -0.1) is 0 Å². The summed E-state index contributed by atoms with van der Waals surface area (Å²) in [4.78, 5) is 16.7. The zero-order chi connectivity index (χ0) is 16.4. The first kappa shape index (κ1) is 14.7. The van der Waals surface area contributed by atoms with Gasteiger partial charge in [-0.25, -0.2) is 9.97 Å². The fourth-order valence-electron chi connectivity index (χ4n) is 3.19. The van der Waals surface area contributed by atoms with E-state index in [4.69, 9.17) is 0 Å². The zero-order valence-corrected chi connectivity index (χ0v) is 13.3. The van der Waals surface area contributed by atoms with E-state index in [9.17, 15) is 5.26 Å². The molecule has 1 N–H and O–H groups in total. The lowest BCUT2D eigenvalue weighted by molar-refractivity contribution is 0.247. The highest BCUT2D eigenvalue weighted by molar-refractivity contribution is 5.76. The summed E-state index contributed by atoms with van der Waals surface area (Å²) in [5, 5.41) is 10.4. The third kappa shape index (κ3) is 2.82. The Hall–Kier alpha value is -2.91. The van der Waals surface area contributed by atoms with Crippen LogP contribution in [0.15, 0.2) is 42.7 Å². The largest absolute Gasteiger partial charge is 0.353 e. The smallest absolute Gasteiger partial charge is 0.146 e. The van der Waals surface area contributed by atoms with E-state index in [-0.39, 0.29) is 0 Å². The molecule has 1 aliphatic rings. The summed E-state index contributed by atoms with van der Waals surface area (Å²) in [5.74, 6) is 0.800. The second-order valence-corrected chi connectivity index (χ2v) is 5.99. The number of pyridine rings is 2. The molecule has 0 amide bonds. The van der Waals surface area contributed by atoms with Gasteiger partial charge in [0.2, 0.25) is 0 Å². The normalized spacial score (nSPS) is 15.5. The van der Waals surface area contributed by atoms with Crippen LogP contribution in [0.25, 0.3) is 11.0 Å². The van der Waals surface area contributed by atoms with Crippen LogP contribution in [0, 0.1) is 11.3 Å². The van der Waals surface area contributed by atoms with Crippen LogP contribution in [-0.4, -0.2) is 46.0 Å². The summed E-state index contributed by atoms with van der Waals surface area (Å²) >= 11 is 0. The van der Waals surface area contributed by atoms with Gasteiger partial charge < -0.3 is 9.88 Å². The van der Waals surface area contributed by atoms with E-state index in [2.05, 4.69) is 43.0 Å². The molecule has 0 atom stereocenters. The number of aromatic amines is 1. The minimum absolute atomic E-state index is 0.646. The van der Waals surface area contributed by atoms with Gasteiger partial charge in [0, 0.05) is 56.2 Å². The summed E-state index contributed by atoms with van der Waals surface area (Å²) in [6.07, 6.45) is 3.56. The number of nitriles is 1. The summed E-state index contributed by atoms with van der Waals surface area (Å²) in [6, 6.07) is 12.1. The van der Waals surface area contributed by atoms with E-state index in [0.29, 0.717) is 5.56 Å². The van der Waals surface area contributed by atoms with Crippen molar-refractivity contribution >= 4 is 16.9 Å². The van der Waals surface area contributed by atoms with Crippen molar-refractivity contribution in [2.45, 2.75) is 6.54 Å². The molecule has 4 heterocycles. The Balaban J connectivity index is 1.42. The minimum Gasteiger partial charge on any atom is -0.353 e. The number of nitrogens with zero attached hydrogens (tertiary/aromatic N) is 5. The molecule has 120 valence electrons. The standard InChI is InChI=1S/C18H18N6/c19-12-15-4-2-6-21-18(15)24-9-7-23(8-10-24)13-16-11-14-3-1-5-20-17(14)22-16/h1-6,11H,7-10,13H2,(H,20,22). The van der Waals surface area contributed by atoms with Gasteiger partial charge in [-0.3, -0.25) is 4.90 Å². The molecule has 0 spiro atoms. The van der Waals surface area contributed by atoms with Gasteiger partial charge in [-0.1, -0.05) is 0 Å². The van der Waals surface area contributed by atoms with E-state index in [1.54, 1.807) is 12.4 Å². The Bertz CT molecular complexity index is 853. The maximum Gasteiger partial charge on any atom is 0.146 e. The summed E-state index contributed by atoms with van der Waals surface area (Å²) in [6.45, 7) is 4.54. The maximum atomic E-state index is 9.23. The van der Waals surface area contributed by atoms with Crippen LogP contribution in [0.5, 0.6) is 0 Å². The first-order chi connectivity index (χ1) is 11.8. The molecule has 6 heteroatoms. The Morgan fingerprint density at radius 2 is 1.88 bits per heavy atom. The number of fused-ring (bicyclic) bond motifs is 1. The average molecular weight is 318 g/mol. The molecule has 6 nitrogen and oxygen atoms in total. The van der Waals surface area contributed by atoms with E-state index in [0.717, 1.165) is 49.6 Å². The van der Waals surface area contributed by atoms with Gasteiger partial charge in [0.1, 0.15) is 17.5 Å². The van der Waals surface area contributed by atoms with Crippen molar-refractivity contribution in [3.8, 4) is 6.07 Å². The fourth-order valence-corrected chi connectivity index (χ4v) is 3.19. The predicted octanol–water partition coefficient (Wildman–Crippen LogP) is 2.15. The molecule has 0 saturated carbocycles. The number of H-pyrrole nitrogens is 1. The quantitative estimate of drug-likeness (QED) is 0.801. The third-order valence-corrected chi connectivity index (χ3v) is 4.42.